The van der Waals surface area contributed by atoms with E-state index in [9.17, 15) is 9.18 Å². The molecule has 0 atom stereocenters. The third kappa shape index (κ3) is 1.85. The number of nitrogens with one attached hydrogen (secondary N) is 1. The summed E-state index contributed by atoms with van der Waals surface area (Å²) in [5.41, 5.74) is -0.533. The second-order valence-corrected chi connectivity index (χ2v) is 3.21. The Morgan fingerprint density at radius 2 is 2.33 bits per heavy atom. The van der Waals surface area contributed by atoms with Crippen LogP contribution >= 0.6 is 11.8 Å². The van der Waals surface area contributed by atoms with E-state index >= 15 is 0 Å². The van der Waals surface area contributed by atoms with Gasteiger partial charge in [0.1, 0.15) is 5.82 Å². The molecule has 0 aliphatic carbocycles. The van der Waals surface area contributed by atoms with Gasteiger partial charge in [-0.3, -0.25) is 4.79 Å². The zero-order valence-corrected chi connectivity index (χ0v) is 7.67. The van der Waals surface area contributed by atoms with Crippen molar-refractivity contribution in [3.8, 4) is 0 Å². The molecule has 0 spiro atoms. The van der Waals surface area contributed by atoms with Crippen LogP contribution in [0.5, 0.6) is 0 Å². The second-order valence-electron chi connectivity index (χ2n) is 2.35. The third-order valence-corrected chi connectivity index (χ3v) is 1.92. The molecule has 5 heteroatoms. The summed E-state index contributed by atoms with van der Waals surface area (Å²) in [5, 5.41) is 0. The van der Waals surface area contributed by atoms with Gasteiger partial charge < -0.3 is 4.98 Å². The molecular weight excluding hydrogens is 179 g/mol. The molecule has 1 heterocycles. The monoisotopic (exact) mass is 188 g/mol. The predicted molar refractivity (Wildman–Crippen MR) is 46.8 cm³/mol. The summed E-state index contributed by atoms with van der Waals surface area (Å²) in [4.78, 5) is 17.1. The van der Waals surface area contributed by atoms with Crippen LogP contribution in [0.25, 0.3) is 0 Å². The number of H-pyrrole nitrogens is 1. The van der Waals surface area contributed by atoms with Crippen LogP contribution in [0.2, 0.25) is 0 Å². The predicted octanol–water partition coefficient (Wildman–Crippen LogP) is 1.08. The van der Waals surface area contributed by atoms with Gasteiger partial charge in [-0.1, -0.05) is 0 Å². The maximum absolute atomic E-state index is 12.7. The molecule has 1 aromatic heterocycles. The minimum absolute atomic E-state index is 0.155. The average Bonchev–Trinajstić information content (AvgIpc) is 2.01. The lowest BCUT2D eigenvalue weighted by atomic mass is 10.4. The number of thioether (sulfide) groups is 1. The highest BCUT2D eigenvalue weighted by Gasteiger charge is 2.05. The Kier molecular flexibility index (Phi) is 2.86. The van der Waals surface area contributed by atoms with Gasteiger partial charge in [-0.05, 0) is 13.2 Å². The highest BCUT2D eigenvalue weighted by Crippen LogP contribution is 2.03. The highest BCUT2D eigenvalue weighted by atomic mass is 32.2. The lowest BCUT2D eigenvalue weighted by Gasteiger charge is -1.99. The summed E-state index contributed by atoms with van der Waals surface area (Å²) in [7, 11) is 0. The molecule has 0 saturated carbocycles. The molecule has 1 aromatic rings. The van der Waals surface area contributed by atoms with E-state index in [1.165, 1.54) is 18.7 Å². The Balaban J connectivity index is 3.13. The van der Waals surface area contributed by atoms with Gasteiger partial charge in [0.25, 0.3) is 5.56 Å². The van der Waals surface area contributed by atoms with Crippen molar-refractivity contribution in [2.45, 2.75) is 12.7 Å². The van der Waals surface area contributed by atoms with Crippen LogP contribution in [0.4, 0.5) is 4.39 Å². The molecule has 0 unspecified atom stereocenters. The number of hydrogen-bond donors (Lipinski definition) is 1. The molecule has 0 fully saturated rings. The fourth-order valence-electron chi connectivity index (χ4n) is 0.835. The average molecular weight is 188 g/mol. The van der Waals surface area contributed by atoms with Crippen molar-refractivity contribution in [3.05, 3.63) is 27.7 Å². The molecule has 12 heavy (non-hydrogen) atoms. The summed E-state index contributed by atoms with van der Waals surface area (Å²) in [6.45, 7) is 1.48. The van der Waals surface area contributed by atoms with Gasteiger partial charge in [-0.2, -0.15) is 16.2 Å². The van der Waals surface area contributed by atoms with E-state index in [0.717, 1.165) is 0 Å². The van der Waals surface area contributed by atoms with Crippen molar-refractivity contribution < 1.29 is 4.39 Å². The number of hydrogen-bond acceptors (Lipinski definition) is 3. The maximum Gasteiger partial charge on any atom is 0.287 e. The molecule has 0 aliphatic rings. The molecular formula is C7H9FN2OS. The van der Waals surface area contributed by atoms with Crippen LogP contribution in [-0.4, -0.2) is 16.2 Å². The molecule has 0 bridgehead atoms. The van der Waals surface area contributed by atoms with Crippen molar-refractivity contribution >= 4 is 11.8 Å². The molecule has 0 radical (unpaired) electrons. The van der Waals surface area contributed by atoms with Crippen molar-refractivity contribution in [3.63, 3.8) is 0 Å². The maximum atomic E-state index is 12.7. The van der Waals surface area contributed by atoms with Crippen LogP contribution in [0.15, 0.2) is 4.79 Å². The van der Waals surface area contributed by atoms with Gasteiger partial charge in [0.05, 0.1) is 11.4 Å². The first kappa shape index (κ1) is 9.25. The van der Waals surface area contributed by atoms with E-state index in [0.29, 0.717) is 11.6 Å². The van der Waals surface area contributed by atoms with Crippen LogP contribution in [0.3, 0.4) is 0 Å². The minimum Gasteiger partial charge on any atom is -0.307 e. The quantitative estimate of drug-likeness (QED) is 0.755. The fourth-order valence-corrected chi connectivity index (χ4v) is 1.24. The smallest absolute Gasteiger partial charge is 0.287 e. The van der Waals surface area contributed by atoms with Gasteiger partial charge in [-0.15, -0.1) is 0 Å². The lowest BCUT2D eigenvalue weighted by molar-refractivity contribution is 0.584. The topological polar surface area (TPSA) is 45.8 Å². The Morgan fingerprint density at radius 1 is 1.67 bits per heavy atom. The zero-order valence-electron chi connectivity index (χ0n) is 6.85. The molecule has 1 rings (SSSR count). The van der Waals surface area contributed by atoms with Crippen molar-refractivity contribution in [2.24, 2.45) is 0 Å². The number of nitrogens with zero attached hydrogens (tertiary/aromatic N) is 1. The molecule has 66 valence electrons. The summed E-state index contributed by atoms with van der Waals surface area (Å²) >= 11 is 1.52. The fraction of sp³-hybridized carbons (Fsp3) is 0.429. The Bertz CT molecular complexity index is 337. The van der Waals surface area contributed by atoms with E-state index in [2.05, 4.69) is 9.97 Å². The van der Waals surface area contributed by atoms with Crippen LogP contribution in [-0.2, 0) is 5.75 Å². The first-order chi connectivity index (χ1) is 5.65. The molecule has 0 amide bonds. The van der Waals surface area contributed by atoms with Crippen molar-refractivity contribution in [2.75, 3.05) is 6.26 Å². The van der Waals surface area contributed by atoms with E-state index in [-0.39, 0.29) is 5.69 Å². The van der Waals surface area contributed by atoms with E-state index in [1.807, 2.05) is 6.26 Å². The molecule has 0 aromatic carbocycles. The van der Waals surface area contributed by atoms with E-state index < -0.39 is 11.4 Å². The molecule has 0 aliphatic heterocycles. The Labute approximate surface area is 73.4 Å². The van der Waals surface area contributed by atoms with E-state index in [1.54, 1.807) is 0 Å². The largest absolute Gasteiger partial charge is 0.307 e. The Morgan fingerprint density at radius 3 is 2.83 bits per heavy atom. The van der Waals surface area contributed by atoms with Gasteiger partial charge >= 0.3 is 0 Å². The number of rotatable bonds is 2. The first-order valence-electron chi connectivity index (χ1n) is 3.39. The Hall–Kier alpha value is -0.840. The number of aromatic nitrogens is 2. The van der Waals surface area contributed by atoms with Gasteiger partial charge in [0, 0.05) is 0 Å². The number of aryl methyl sites for hydroxylation is 1. The molecule has 1 N–H and O–H groups in total. The number of aromatic amines is 1. The molecule has 3 nitrogen and oxygen atoms in total. The summed E-state index contributed by atoms with van der Waals surface area (Å²) in [6.07, 6.45) is 1.89. The minimum atomic E-state index is -0.792. The van der Waals surface area contributed by atoms with E-state index in [4.69, 9.17) is 0 Å². The standard InChI is InChI=1S/C7H9FN2OS/c1-4-6(8)7(11)10-5(9-4)3-12-2/h3H2,1-2H3,(H,9,10,11). The summed E-state index contributed by atoms with van der Waals surface area (Å²) < 4.78 is 12.7. The second kappa shape index (κ2) is 3.71. The van der Waals surface area contributed by atoms with Crippen molar-refractivity contribution in [1.82, 2.24) is 9.97 Å². The first-order valence-corrected chi connectivity index (χ1v) is 4.78. The van der Waals surface area contributed by atoms with Crippen LogP contribution in [0.1, 0.15) is 11.5 Å². The lowest BCUT2D eigenvalue weighted by Crippen LogP contribution is -2.16. The van der Waals surface area contributed by atoms with Gasteiger partial charge in [-0.25, -0.2) is 4.98 Å². The normalized spacial score (nSPS) is 10.2. The van der Waals surface area contributed by atoms with Crippen LogP contribution < -0.4 is 5.56 Å². The van der Waals surface area contributed by atoms with Gasteiger partial charge in [0.15, 0.2) is 0 Å². The molecule has 0 saturated heterocycles. The highest BCUT2D eigenvalue weighted by molar-refractivity contribution is 7.97. The SMILES string of the molecule is CSCc1nc(C)c(F)c(=O)[nH]1. The number of halogens is 1. The van der Waals surface area contributed by atoms with Crippen LogP contribution in [0, 0.1) is 12.7 Å². The third-order valence-electron chi connectivity index (χ3n) is 1.36. The summed E-state index contributed by atoms with van der Waals surface area (Å²) in [6, 6.07) is 0. The van der Waals surface area contributed by atoms with Crippen molar-refractivity contribution in [1.29, 1.82) is 0 Å². The zero-order chi connectivity index (χ0) is 9.14. The van der Waals surface area contributed by atoms with Gasteiger partial charge in [0.2, 0.25) is 5.82 Å². The summed E-state index contributed by atoms with van der Waals surface area (Å²) in [5.74, 6) is 0.322.